The van der Waals surface area contributed by atoms with Gasteiger partial charge >= 0.3 is 6.18 Å². The Morgan fingerprint density at radius 2 is 2.06 bits per heavy atom. The monoisotopic (exact) mass is 235 g/mol. The third-order valence-corrected chi connectivity index (χ3v) is 2.00. The number of phenols is 1. The molecule has 1 aromatic rings. The topological polar surface area (TPSA) is 55.5 Å². The SMILES string of the molecule is CCOc1cc([C@@H](N)C(F)(F)F)ccc1O. The van der Waals surface area contributed by atoms with E-state index in [1.165, 1.54) is 0 Å². The van der Waals surface area contributed by atoms with Crippen LogP contribution in [0.15, 0.2) is 18.2 Å². The van der Waals surface area contributed by atoms with Gasteiger partial charge in [0.25, 0.3) is 0 Å². The number of phenolic OH excluding ortho intramolecular Hbond substituents is 1. The molecule has 0 amide bonds. The summed E-state index contributed by atoms with van der Waals surface area (Å²) in [6.07, 6.45) is -4.51. The van der Waals surface area contributed by atoms with Gasteiger partial charge < -0.3 is 15.6 Å². The highest BCUT2D eigenvalue weighted by molar-refractivity contribution is 5.43. The molecule has 0 fully saturated rings. The van der Waals surface area contributed by atoms with Crippen molar-refractivity contribution in [2.45, 2.75) is 19.1 Å². The van der Waals surface area contributed by atoms with Crippen LogP contribution in [0.1, 0.15) is 18.5 Å². The van der Waals surface area contributed by atoms with Crippen LogP contribution >= 0.6 is 0 Å². The third kappa shape index (κ3) is 2.79. The lowest BCUT2D eigenvalue weighted by molar-refractivity contribution is -0.149. The summed E-state index contributed by atoms with van der Waals surface area (Å²) >= 11 is 0. The summed E-state index contributed by atoms with van der Waals surface area (Å²) in [5.41, 5.74) is 4.88. The van der Waals surface area contributed by atoms with Crippen LogP contribution in [0.3, 0.4) is 0 Å². The van der Waals surface area contributed by atoms with Gasteiger partial charge in [0.05, 0.1) is 6.61 Å². The van der Waals surface area contributed by atoms with E-state index < -0.39 is 12.2 Å². The predicted molar refractivity (Wildman–Crippen MR) is 52.3 cm³/mol. The van der Waals surface area contributed by atoms with Crippen LogP contribution in [0.4, 0.5) is 13.2 Å². The molecule has 0 saturated carbocycles. The lowest BCUT2D eigenvalue weighted by atomic mass is 10.1. The van der Waals surface area contributed by atoms with Crippen LogP contribution in [-0.2, 0) is 0 Å². The summed E-state index contributed by atoms with van der Waals surface area (Å²) < 4.78 is 41.9. The van der Waals surface area contributed by atoms with Crippen molar-refractivity contribution >= 4 is 0 Å². The van der Waals surface area contributed by atoms with Crippen molar-refractivity contribution in [2.75, 3.05) is 6.61 Å². The maximum Gasteiger partial charge on any atom is 0.407 e. The Morgan fingerprint density at radius 3 is 2.56 bits per heavy atom. The van der Waals surface area contributed by atoms with Gasteiger partial charge in [0, 0.05) is 0 Å². The molecule has 3 N–H and O–H groups in total. The third-order valence-electron chi connectivity index (χ3n) is 2.00. The normalized spacial score (nSPS) is 13.6. The summed E-state index contributed by atoms with van der Waals surface area (Å²) in [5.74, 6) is -0.209. The number of nitrogens with two attached hydrogens (primary N) is 1. The van der Waals surface area contributed by atoms with Crippen LogP contribution < -0.4 is 10.5 Å². The minimum atomic E-state index is -4.51. The fourth-order valence-electron chi connectivity index (χ4n) is 1.18. The van der Waals surface area contributed by atoms with E-state index in [2.05, 4.69) is 0 Å². The van der Waals surface area contributed by atoms with E-state index in [0.717, 1.165) is 18.2 Å². The van der Waals surface area contributed by atoms with Crippen molar-refractivity contribution in [1.29, 1.82) is 0 Å². The average Bonchev–Trinajstić information content (AvgIpc) is 2.19. The predicted octanol–water partition coefficient (Wildman–Crippen LogP) is 2.35. The first-order valence-corrected chi connectivity index (χ1v) is 4.64. The zero-order valence-electron chi connectivity index (χ0n) is 8.58. The number of aromatic hydroxyl groups is 1. The van der Waals surface area contributed by atoms with E-state index in [-0.39, 0.29) is 23.7 Å². The Balaban J connectivity index is 3.03. The standard InChI is InChI=1S/C10H12F3NO2/c1-2-16-8-5-6(3-4-7(8)15)9(14)10(11,12)13/h3-5,9,15H,2,14H2,1H3/t9-/m1/s1. The highest BCUT2D eigenvalue weighted by atomic mass is 19.4. The molecule has 0 saturated heterocycles. The van der Waals surface area contributed by atoms with Crippen LogP contribution in [0.5, 0.6) is 11.5 Å². The molecule has 0 heterocycles. The van der Waals surface area contributed by atoms with E-state index in [1.54, 1.807) is 6.92 Å². The average molecular weight is 235 g/mol. The first-order valence-electron chi connectivity index (χ1n) is 4.64. The van der Waals surface area contributed by atoms with Gasteiger partial charge in [-0.1, -0.05) is 6.07 Å². The number of ether oxygens (including phenoxy) is 1. The molecule has 0 aliphatic heterocycles. The van der Waals surface area contributed by atoms with Gasteiger partial charge in [-0.2, -0.15) is 13.2 Å². The first-order chi connectivity index (χ1) is 7.36. The van der Waals surface area contributed by atoms with Gasteiger partial charge in [0.2, 0.25) is 0 Å². The van der Waals surface area contributed by atoms with Crippen LogP contribution in [-0.4, -0.2) is 17.9 Å². The van der Waals surface area contributed by atoms with E-state index in [0.29, 0.717) is 0 Å². The Labute approximate surface area is 90.6 Å². The summed E-state index contributed by atoms with van der Waals surface area (Å²) in [4.78, 5) is 0. The molecule has 0 spiro atoms. The molecular formula is C10H12F3NO2. The molecule has 0 unspecified atom stereocenters. The number of alkyl halides is 3. The van der Waals surface area contributed by atoms with Gasteiger partial charge in [-0.15, -0.1) is 0 Å². The van der Waals surface area contributed by atoms with Crippen LogP contribution in [0, 0.1) is 0 Å². The lowest BCUT2D eigenvalue weighted by Crippen LogP contribution is -2.28. The first kappa shape index (κ1) is 12.6. The van der Waals surface area contributed by atoms with Crippen molar-refractivity contribution in [1.82, 2.24) is 0 Å². The van der Waals surface area contributed by atoms with Gasteiger partial charge in [-0.25, -0.2) is 0 Å². The molecule has 1 rings (SSSR count). The molecule has 6 heteroatoms. The van der Waals surface area contributed by atoms with Crippen LogP contribution in [0.25, 0.3) is 0 Å². The number of halogens is 3. The van der Waals surface area contributed by atoms with Crippen molar-refractivity contribution in [2.24, 2.45) is 5.73 Å². The second kappa shape index (κ2) is 4.61. The van der Waals surface area contributed by atoms with Crippen molar-refractivity contribution < 1.29 is 23.0 Å². The second-order valence-electron chi connectivity index (χ2n) is 3.18. The molecule has 0 bridgehead atoms. The second-order valence-corrected chi connectivity index (χ2v) is 3.18. The van der Waals surface area contributed by atoms with Crippen LogP contribution in [0.2, 0.25) is 0 Å². The van der Waals surface area contributed by atoms with E-state index in [4.69, 9.17) is 10.5 Å². The number of hydrogen-bond acceptors (Lipinski definition) is 3. The maximum absolute atomic E-state index is 12.3. The molecule has 1 atom stereocenters. The summed E-state index contributed by atoms with van der Waals surface area (Å²) in [7, 11) is 0. The van der Waals surface area contributed by atoms with Gasteiger partial charge in [0.1, 0.15) is 6.04 Å². The Morgan fingerprint density at radius 1 is 1.44 bits per heavy atom. The summed E-state index contributed by atoms with van der Waals surface area (Å²) in [6.45, 7) is 1.91. The van der Waals surface area contributed by atoms with Gasteiger partial charge in [-0.3, -0.25) is 0 Å². The minimum Gasteiger partial charge on any atom is -0.504 e. The molecule has 16 heavy (non-hydrogen) atoms. The summed E-state index contributed by atoms with van der Waals surface area (Å²) in [6, 6.07) is 1.27. The Bertz CT molecular complexity index is 366. The zero-order valence-corrected chi connectivity index (χ0v) is 8.58. The lowest BCUT2D eigenvalue weighted by Gasteiger charge is -2.17. The van der Waals surface area contributed by atoms with Gasteiger partial charge in [0.15, 0.2) is 11.5 Å². The molecule has 0 aliphatic rings. The van der Waals surface area contributed by atoms with Crippen molar-refractivity contribution in [3.05, 3.63) is 23.8 Å². The highest BCUT2D eigenvalue weighted by Gasteiger charge is 2.38. The Kier molecular flexibility index (Phi) is 3.64. The maximum atomic E-state index is 12.3. The minimum absolute atomic E-state index is 0.000278. The molecule has 0 aromatic heterocycles. The molecule has 3 nitrogen and oxygen atoms in total. The molecule has 90 valence electrons. The van der Waals surface area contributed by atoms with Crippen molar-refractivity contribution in [3.8, 4) is 11.5 Å². The molecule has 1 aromatic carbocycles. The van der Waals surface area contributed by atoms with Gasteiger partial charge in [-0.05, 0) is 24.6 Å². The fraction of sp³-hybridized carbons (Fsp3) is 0.400. The number of rotatable bonds is 3. The molecule has 0 radical (unpaired) electrons. The molecular weight excluding hydrogens is 223 g/mol. The Hall–Kier alpha value is -1.43. The molecule has 0 aliphatic carbocycles. The smallest absolute Gasteiger partial charge is 0.407 e. The number of hydrogen-bond donors (Lipinski definition) is 2. The zero-order chi connectivity index (χ0) is 12.3. The fourth-order valence-corrected chi connectivity index (χ4v) is 1.18. The van der Waals surface area contributed by atoms with E-state index in [9.17, 15) is 18.3 Å². The number of benzene rings is 1. The quantitative estimate of drug-likeness (QED) is 0.845. The largest absolute Gasteiger partial charge is 0.504 e. The van der Waals surface area contributed by atoms with E-state index >= 15 is 0 Å². The summed E-state index contributed by atoms with van der Waals surface area (Å²) in [5, 5.41) is 9.30. The highest BCUT2D eigenvalue weighted by Crippen LogP contribution is 2.35. The van der Waals surface area contributed by atoms with E-state index in [1.807, 2.05) is 0 Å². The van der Waals surface area contributed by atoms with Crippen molar-refractivity contribution in [3.63, 3.8) is 0 Å².